The van der Waals surface area contributed by atoms with Crippen LogP contribution in [0.25, 0.3) is 0 Å². The van der Waals surface area contributed by atoms with Crippen LogP contribution in [0.15, 0.2) is 6.20 Å². The van der Waals surface area contributed by atoms with E-state index >= 15 is 0 Å². The average Bonchev–Trinajstić information content (AvgIpc) is 2.65. The molecule has 25 heavy (non-hydrogen) atoms. The number of piperazine rings is 1. The van der Waals surface area contributed by atoms with E-state index in [9.17, 15) is 4.79 Å². The lowest BCUT2D eigenvalue weighted by Gasteiger charge is -2.44. The highest BCUT2D eigenvalue weighted by atomic mass is 16.5. The van der Waals surface area contributed by atoms with Gasteiger partial charge in [-0.3, -0.25) is 9.69 Å². The number of nitrogens with zero attached hydrogens (tertiary/aromatic N) is 4. The highest BCUT2D eigenvalue weighted by Crippen LogP contribution is 2.40. The number of hydrogen-bond donors (Lipinski definition) is 2. The molecule has 3 aliphatic heterocycles. The first-order valence-electron chi connectivity index (χ1n) is 9.13. The van der Waals surface area contributed by atoms with Crippen LogP contribution in [0, 0.1) is 0 Å². The van der Waals surface area contributed by atoms with Crippen LogP contribution in [0.4, 0.5) is 5.95 Å². The topological polar surface area (TPSA) is 96.6 Å². The van der Waals surface area contributed by atoms with Crippen molar-refractivity contribution in [1.82, 2.24) is 25.1 Å². The fourth-order valence-corrected chi connectivity index (χ4v) is 4.08. The summed E-state index contributed by atoms with van der Waals surface area (Å²) in [5.41, 5.74) is 7.54. The zero-order chi connectivity index (χ0) is 17.3. The molecule has 1 aromatic heterocycles. The van der Waals surface area contributed by atoms with Gasteiger partial charge in [-0.1, -0.05) is 0 Å². The Balaban J connectivity index is 1.40. The number of likely N-dealkylation sites (tertiary alicyclic amines) is 1. The Morgan fingerprint density at radius 2 is 2.04 bits per heavy atom. The number of amides is 1. The van der Waals surface area contributed by atoms with Crippen molar-refractivity contribution >= 4 is 11.9 Å². The second-order valence-electron chi connectivity index (χ2n) is 7.10. The summed E-state index contributed by atoms with van der Waals surface area (Å²) in [6, 6.07) is 0. The number of ether oxygens (including phenoxy) is 1. The predicted molar refractivity (Wildman–Crippen MR) is 92.9 cm³/mol. The molecule has 0 saturated carbocycles. The lowest BCUT2D eigenvalue weighted by Crippen LogP contribution is -2.52. The zero-order valence-corrected chi connectivity index (χ0v) is 14.5. The highest BCUT2D eigenvalue weighted by Gasteiger charge is 2.42. The highest BCUT2D eigenvalue weighted by molar-refractivity contribution is 5.78. The van der Waals surface area contributed by atoms with Crippen LogP contribution in [0.2, 0.25) is 0 Å². The zero-order valence-electron chi connectivity index (χ0n) is 14.5. The fourth-order valence-electron chi connectivity index (χ4n) is 4.08. The summed E-state index contributed by atoms with van der Waals surface area (Å²) in [6.45, 7) is 6.25. The van der Waals surface area contributed by atoms with E-state index in [1.807, 2.05) is 11.1 Å². The van der Waals surface area contributed by atoms with E-state index in [4.69, 9.17) is 10.5 Å². The molecule has 3 N–H and O–H groups in total. The van der Waals surface area contributed by atoms with Gasteiger partial charge in [0, 0.05) is 45.5 Å². The van der Waals surface area contributed by atoms with E-state index in [2.05, 4.69) is 20.2 Å². The molecular weight excluding hydrogens is 320 g/mol. The van der Waals surface area contributed by atoms with E-state index in [-0.39, 0.29) is 11.5 Å². The van der Waals surface area contributed by atoms with Crippen molar-refractivity contribution in [1.29, 1.82) is 0 Å². The molecule has 2 fully saturated rings. The van der Waals surface area contributed by atoms with Crippen molar-refractivity contribution in [2.24, 2.45) is 0 Å². The Morgan fingerprint density at radius 3 is 2.80 bits per heavy atom. The number of piperidine rings is 1. The number of carbonyl (C=O) groups excluding carboxylic acids is 1. The Bertz CT molecular complexity index is 638. The van der Waals surface area contributed by atoms with Crippen molar-refractivity contribution in [3.63, 3.8) is 0 Å². The minimum Gasteiger partial charge on any atom is -0.368 e. The molecule has 2 saturated heterocycles. The summed E-state index contributed by atoms with van der Waals surface area (Å²) in [4.78, 5) is 25.3. The second kappa shape index (κ2) is 6.86. The van der Waals surface area contributed by atoms with Gasteiger partial charge in [-0.2, -0.15) is 0 Å². The van der Waals surface area contributed by atoms with Crippen molar-refractivity contribution < 1.29 is 9.53 Å². The molecule has 4 rings (SSSR count). The van der Waals surface area contributed by atoms with E-state index in [1.165, 1.54) is 0 Å². The van der Waals surface area contributed by atoms with Gasteiger partial charge in [0.05, 0.1) is 18.8 Å². The van der Waals surface area contributed by atoms with Gasteiger partial charge >= 0.3 is 0 Å². The van der Waals surface area contributed by atoms with Crippen LogP contribution in [-0.4, -0.2) is 78.1 Å². The SMILES string of the molecule is Nc1ncc2c(n1)C1(CCN(CC(=O)N3CCNCC3)CC1)OCC2. The van der Waals surface area contributed by atoms with Gasteiger partial charge in [0.1, 0.15) is 5.60 Å². The lowest BCUT2D eigenvalue weighted by atomic mass is 9.83. The first kappa shape index (κ1) is 16.7. The van der Waals surface area contributed by atoms with Gasteiger partial charge in [-0.05, 0) is 24.8 Å². The first-order valence-corrected chi connectivity index (χ1v) is 9.13. The number of carbonyl (C=O) groups is 1. The number of nitrogen functional groups attached to an aromatic ring is 1. The van der Waals surface area contributed by atoms with E-state index in [1.54, 1.807) is 0 Å². The number of rotatable bonds is 2. The van der Waals surface area contributed by atoms with Crippen molar-refractivity contribution in [3.05, 3.63) is 17.5 Å². The molecule has 8 heteroatoms. The lowest BCUT2D eigenvalue weighted by molar-refractivity contribution is -0.136. The average molecular weight is 346 g/mol. The molecule has 0 atom stereocenters. The molecule has 4 heterocycles. The number of anilines is 1. The van der Waals surface area contributed by atoms with Crippen LogP contribution < -0.4 is 11.1 Å². The van der Waals surface area contributed by atoms with E-state index < -0.39 is 0 Å². The summed E-state index contributed by atoms with van der Waals surface area (Å²) in [5, 5.41) is 3.28. The number of aromatic nitrogens is 2. The normalized spacial score (nSPS) is 23.4. The smallest absolute Gasteiger partial charge is 0.236 e. The third-order valence-corrected chi connectivity index (χ3v) is 5.56. The number of nitrogens with two attached hydrogens (primary N) is 1. The molecule has 1 spiro atoms. The maximum absolute atomic E-state index is 12.5. The summed E-state index contributed by atoms with van der Waals surface area (Å²) in [6.07, 6.45) is 4.35. The van der Waals surface area contributed by atoms with Crippen LogP contribution >= 0.6 is 0 Å². The van der Waals surface area contributed by atoms with Crippen LogP contribution in [-0.2, 0) is 21.6 Å². The Labute approximate surface area is 147 Å². The Hall–Kier alpha value is -1.77. The Morgan fingerprint density at radius 1 is 1.28 bits per heavy atom. The molecule has 0 aliphatic carbocycles. The van der Waals surface area contributed by atoms with Gasteiger partial charge in [0.15, 0.2) is 0 Å². The summed E-state index contributed by atoms with van der Waals surface area (Å²) in [5.74, 6) is 0.536. The number of fused-ring (bicyclic) bond motifs is 2. The summed E-state index contributed by atoms with van der Waals surface area (Å²) >= 11 is 0. The van der Waals surface area contributed by atoms with Crippen LogP contribution in [0.5, 0.6) is 0 Å². The van der Waals surface area contributed by atoms with Crippen molar-refractivity contribution in [2.45, 2.75) is 24.9 Å². The van der Waals surface area contributed by atoms with Gasteiger partial charge in [0.25, 0.3) is 0 Å². The van der Waals surface area contributed by atoms with Crippen LogP contribution in [0.3, 0.4) is 0 Å². The summed E-state index contributed by atoms with van der Waals surface area (Å²) in [7, 11) is 0. The third-order valence-electron chi connectivity index (χ3n) is 5.56. The van der Waals surface area contributed by atoms with Gasteiger partial charge in [0.2, 0.25) is 11.9 Å². The summed E-state index contributed by atoms with van der Waals surface area (Å²) < 4.78 is 6.18. The molecular formula is C17H26N6O2. The quantitative estimate of drug-likeness (QED) is 0.735. The van der Waals surface area contributed by atoms with E-state index in [0.29, 0.717) is 19.1 Å². The molecule has 0 bridgehead atoms. The Kier molecular flexibility index (Phi) is 4.58. The minimum atomic E-state index is -0.362. The first-order chi connectivity index (χ1) is 12.2. The van der Waals surface area contributed by atoms with E-state index in [0.717, 1.165) is 69.8 Å². The number of hydrogen-bond acceptors (Lipinski definition) is 7. The molecule has 1 aromatic rings. The number of nitrogens with one attached hydrogen (secondary N) is 1. The molecule has 0 aromatic carbocycles. The molecule has 0 unspecified atom stereocenters. The minimum absolute atomic E-state index is 0.231. The fraction of sp³-hybridized carbons (Fsp3) is 0.706. The molecule has 136 valence electrons. The van der Waals surface area contributed by atoms with Crippen molar-refractivity contribution in [2.75, 3.05) is 58.2 Å². The van der Waals surface area contributed by atoms with Gasteiger partial charge in [-0.15, -0.1) is 0 Å². The third kappa shape index (κ3) is 3.33. The standard InChI is InChI=1S/C17H26N6O2/c18-16-20-11-13-1-10-25-17(15(13)21-16)2-6-22(7-3-17)12-14(24)23-8-4-19-5-9-23/h11,19H,1-10,12H2,(H2,18,20,21). The maximum atomic E-state index is 12.5. The second-order valence-corrected chi connectivity index (χ2v) is 7.10. The molecule has 3 aliphatic rings. The molecule has 8 nitrogen and oxygen atoms in total. The largest absolute Gasteiger partial charge is 0.368 e. The van der Waals surface area contributed by atoms with Gasteiger partial charge in [-0.25, -0.2) is 9.97 Å². The monoisotopic (exact) mass is 346 g/mol. The molecule has 0 radical (unpaired) electrons. The predicted octanol–water partition coefficient (Wildman–Crippen LogP) is -0.646. The van der Waals surface area contributed by atoms with Gasteiger partial charge < -0.3 is 20.7 Å². The van der Waals surface area contributed by atoms with Crippen molar-refractivity contribution in [3.8, 4) is 0 Å². The maximum Gasteiger partial charge on any atom is 0.236 e. The molecule has 1 amide bonds. The van der Waals surface area contributed by atoms with Crippen LogP contribution in [0.1, 0.15) is 24.1 Å².